The Kier molecular flexibility index (Phi) is 1.89. The van der Waals surface area contributed by atoms with E-state index in [9.17, 15) is 0 Å². The van der Waals surface area contributed by atoms with Crippen molar-refractivity contribution in [1.82, 2.24) is 20.2 Å². The van der Waals surface area contributed by atoms with Gasteiger partial charge in [-0.1, -0.05) is 0 Å². The van der Waals surface area contributed by atoms with E-state index in [1.54, 1.807) is 11.0 Å². The first-order chi connectivity index (χ1) is 5.86. The van der Waals surface area contributed by atoms with E-state index in [1.807, 2.05) is 24.3 Å². The predicted molar refractivity (Wildman–Crippen MR) is 44.5 cm³/mol. The van der Waals surface area contributed by atoms with Crippen molar-refractivity contribution >= 4 is 20.5 Å². The summed E-state index contributed by atoms with van der Waals surface area (Å²) in [5, 5.41) is 10.9. The van der Waals surface area contributed by atoms with Crippen LogP contribution in [0.15, 0.2) is 30.6 Å². The third-order valence-corrected chi connectivity index (χ3v) is 1.96. The number of hydrogen-bond acceptors (Lipinski definition) is 3. The molecule has 0 fully saturated rings. The van der Waals surface area contributed by atoms with Crippen LogP contribution in [0.1, 0.15) is 0 Å². The summed E-state index contributed by atoms with van der Waals surface area (Å²) in [4.78, 5) is 0. The van der Waals surface area contributed by atoms with Gasteiger partial charge in [0.2, 0.25) is 0 Å². The first-order valence-corrected chi connectivity index (χ1v) is 4.22. The second-order valence-corrected chi connectivity index (χ2v) is 3.24. The Morgan fingerprint density at radius 2 is 2.25 bits per heavy atom. The number of nitrogens with zero attached hydrogens (tertiary/aromatic N) is 4. The second kappa shape index (κ2) is 3.05. The van der Waals surface area contributed by atoms with Gasteiger partial charge in [0.15, 0.2) is 0 Å². The van der Waals surface area contributed by atoms with Gasteiger partial charge in [0.05, 0.1) is 0 Å². The fraction of sp³-hybridized carbons (Fsp3) is 0. The molecule has 5 heteroatoms. The van der Waals surface area contributed by atoms with Crippen molar-refractivity contribution in [1.29, 1.82) is 0 Å². The van der Waals surface area contributed by atoms with Crippen LogP contribution in [0, 0.1) is 0 Å². The fourth-order valence-electron chi connectivity index (χ4n) is 0.906. The quantitative estimate of drug-likeness (QED) is 0.611. The Hall–Kier alpha value is -1.19. The van der Waals surface area contributed by atoms with E-state index in [-0.39, 0.29) is 0 Å². The number of hydrogen-bond donors (Lipinski definition) is 0. The molecule has 1 aromatic carbocycles. The number of rotatable bonds is 1. The van der Waals surface area contributed by atoms with Crippen LogP contribution in [0.3, 0.4) is 0 Å². The molecule has 0 aliphatic heterocycles. The van der Waals surface area contributed by atoms with Gasteiger partial charge in [-0.15, -0.1) is 0 Å². The van der Waals surface area contributed by atoms with Gasteiger partial charge < -0.3 is 0 Å². The summed E-state index contributed by atoms with van der Waals surface area (Å²) >= 11 is 2.92. The monoisotopic (exact) mass is 225 g/mol. The van der Waals surface area contributed by atoms with Crippen molar-refractivity contribution < 1.29 is 0 Å². The molecule has 59 valence electrons. The molecule has 0 saturated heterocycles. The summed E-state index contributed by atoms with van der Waals surface area (Å²) in [5.74, 6) is 0. The molecule has 2 aromatic rings. The van der Waals surface area contributed by atoms with Crippen molar-refractivity contribution in [2.24, 2.45) is 0 Å². The first-order valence-electron chi connectivity index (χ1n) is 3.37. The van der Waals surface area contributed by atoms with Gasteiger partial charge in [-0.3, -0.25) is 0 Å². The molecule has 1 radical (unpaired) electrons. The van der Waals surface area contributed by atoms with Crippen LogP contribution >= 0.6 is 0 Å². The van der Waals surface area contributed by atoms with Crippen LogP contribution in [-0.2, 0) is 0 Å². The zero-order chi connectivity index (χ0) is 8.39. The van der Waals surface area contributed by atoms with Gasteiger partial charge in [-0.2, -0.15) is 0 Å². The maximum atomic E-state index is 3.77. The van der Waals surface area contributed by atoms with Crippen LogP contribution in [0.4, 0.5) is 0 Å². The maximum absolute atomic E-state index is 3.77. The van der Waals surface area contributed by atoms with Gasteiger partial charge in [-0.05, 0) is 0 Å². The van der Waals surface area contributed by atoms with E-state index in [2.05, 4.69) is 31.5 Å². The van der Waals surface area contributed by atoms with E-state index in [0.717, 1.165) is 10.1 Å². The number of aromatic nitrogens is 4. The Labute approximate surface area is 77.4 Å². The molecule has 0 aliphatic carbocycles. The summed E-state index contributed by atoms with van der Waals surface area (Å²) in [6, 6.07) is 7.84. The van der Waals surface area contributed by atoms with Crippen molar-refractivity contribution in [3.8, 4) is 5.69 Å². The van der Waals surface area contributed by atoms with E-state index in [0.29, 0.717) is 0 Å². The Bertz CT molecular complexity index is 371. The molecule has 0 aliphatic rings. The van der Waals surface area contributed by atoms with Crippen LogP contribution < -0.4 is 4.46 Å². The third-order valence-electron chi connectivity index (χ3n) is 1.43. The molecule has 0 unspecified atom stereocenters. The average molecular weight is 224 g/mol. The summed E-state index contributed by atoms with van der Waals surface area (Å²) in [6.45, 7) is 0. The van der Waals surface area contributed by atoms with Gasteiger partial charge in [0, 0.05) is 0 Å². The summed E-state index contributed by atoms with van der Waals surface area (Å²) in [7, 11) is 0. The molecule has 1 heterocycles. The normalized spacial score (nSPS) is 10.0. The predicted octanol–water partition coefficient (Wildman–Crippen LogP) is -0.544. The van der Waals surface area contributed by atoms with E-state index >= 15 is 0 Å². The molecule has 0 atom stereocenters. The van der Waals surface area contributed by atoms with Crippen molar-refractivity contribution in [3.05, 3.63) is 30.6 Å². The minimum absolute atomic E-state index is 0.955. The molecule has 2 rings (SSSR count). The molecular formula is C7H5N4Se. The van der Waals surface area contributed by atoms with E-state index in [4.69, 9.17) is 0 Å². The van der Waals surface area contributed by atoms with Crippen LogP contribution in [0.2, 0.25) is 0 Å². The average Bonchev–Trinajstić information content (AvgIpc) is 2.56. The zero-order valence-electron chi connectivity index (χ0n) is 6.08. The SMILES string of the molecule is [Se]c1cccc(-n2cnnn2)c1. The molecule has 0 saturated carbocycles. The van der Waals surface area contributed by atoms with E-state index < -0.39 is 0 Å². The van der Waals surface area contributed by atoms with Gasteiger partial charge in [0.25, 0.3) is 0 Å². The molecule has 0 spiro atoms. The topological polar surface area (TPSA) is 43.6 Å². The summed E-state index contributed by atoms with van der Waals surface area (Å²) in [6.07, 6.45) is 1.56. The van der Waals surface area contributed by atoms with Gasteiger partial charge >= 0.3 is 77.0 Å². The Morgan fingerprint density at radius 3 is 2.92 bits per heavy atom. The minimum atomic E-state index is 0.955. The molecule has 12 heavy (non-hydrogen) atoms. The first kappa shape index (κ1) is 7.46. The number of benzene rings is 1. The van der Waals surface area contributed by atoms with Crippen LogP contribution in [0.5, 0.6) is 0 Å². The van der Waals surface area contributed by atoms with Gasteiger partial charge in [-0.25, -0.2) is 0 Å². The molecule has 0 N–H and O–H groups in total. The number of tetrazole rings is 1. The Morgan fingerprint density at radius 1 is 1.33 bits per heavy atom. The molecule has 0 amide bonds. The van der Waals surface area contributed by atoms with Crippen molar-refractivity contribution in [2.45, 2.75) is 0 Å². The second-order valence-electron chi connectivity index (χ2n) is 2.25. The summed E-state index contributed by atoms with van der Waals surface area (Å²) in [5.41, 5.74) is 0.955. The summed E-state index contributed by atoms with van der Waals surface area (Å²) < 4.78 is 2.68. The molecule has 0 bridgehead atoms. The van der Waals surface area contributed by atoms with Crippen LogP contribution in [0.25, 0.3) is 5.69 Å². The Balaban J connectivity index is 2.48. The standard InChI is InChI=1S/C7H5N4Se/c12-7-3-1-2-6(4-7)11-5-8-9-10-11/h1-5H. The third kappa shape index (κ3) is 1.37. The van der Waals surface area contributed by atoms with Crippen molar-refractivity contribution in [3.63, 3.8) is 0 Å². The molecule has 4 nitrogen and oxygen atoms in total. The van der Waals surface area contributed by atoms with Crippen molar-refractivity contribution in [2.75, 3.05) is 0 Å². The molecule has 1 aromatic heterocycles. The van der Waals surface area contributed by atoms with Gasteiger partial charge in [0.1, 0.15) is 0 Å². The van der Waals surface area contributed by atoms with Crippen LogP contribution in [-0.4, -0.2) is 36.2 Å². The fourth-order valence-corrected chi connectivity index (χ4v) is 1.32. The zero-order valence-corrected chi connectivity index (χ0v) is 7.80. The van der Waals surface area contributed by atoms with E-state index in [1.165, 1.54) is 0 Å². The molecular weight excluding hydrogens is 219 g/mol.